The van der Waals surface area contributed by atoms with Gasteiger partial charge < -0.3 is 20.7 Å². The van der Waals surface area contributed by atoms with Crippen LogP contribution in [0.5, 0.6) is 0 Å². The summed E-state index contributed by atoms with van der Waals surface area (Å²) in [5, 5.41) is 21.2. The Hall–Kier alpha value is -4.64. The minimum Gasteiger partial charge on any atom is -0.478 e. The number of nitrogens with one attached hydrogen (secondary N) is 1. The number of hydrogen-bond donors (Lipinski definition) is 3. The van der Waals surface area contributed by atoms with E-state index in [0.29, 0.717) is 11.1 Å². The van der Waals surface area contributed by atoms with E-state index in [1.165, 1.54) is 24.3 Å². The molecule has 32 heavy (non-hydrogen) atoms. The van der Waals surface area contributed by atoms with Crippen molar-refractivity contribution in [1.29, 1.82) is 5.26 Å². The van der Waals surface area contributed by atoms with Gasteiger partial charge in [0, 0.05) is 28.3 Å². The van der Waals surface area contributed by atoms with Crippen molar-refractivity contribution >= 4 is 29.5 Å². The number of carboxylic acid groups (broad SMARTS) is 1. The van der Waals surface area contributed by atoms with Crippen molar-refractivity contribution in [3.05, 3.63) is 88.2 Å². The van der Waals surface area contributed by atoms with Crippen LogP contribution in [0.15, 0.2) is 60.2 Å². The molecule has 0 aliphatic carbocycles. The third kappa shape index (κ3) is 4.57. The Morgan fingerprint density at radius 1 is 1.06 bits per heavy atom. The molecule has 0 radical (unpaired) electrons. The number of anilines is 1. The number of nitriles is 1. The standard InChI is InChI=1S/C24H20N4O4/c1-14-10-18(15(2)28(14)21-8-6-16(7-9-21)22(26)29)11-19(13-25)23(30)27-20-5-3-4-17(12-20)24(31)32/h3-12H,1-2H3,(H2,26,29)(H,27,30)(H,31,32)/b19-11-. The molecule has 0 atom stereocenters. The van der Waals surface area contributed by atoms with Gasteiger partial charge in [-0.25, -0.2) is 4.79 Å². The lowest BCUT2D eigenvalue weighted by Crippen LogP contribution is -2.14. The molecule has 0 saturated carbocycles. The van der Waals surface area contributed by atoms with E-state index < -0.39 is 17.8 Å². The summed E-state index contributed by atoms with van der Waals surface area (Å²) in [4.78, 5) is 35.0. The second-order valence-electron chi connectivity index (χ2n) is 7.08. The monoisotopic (exact) mass is 428 g/mol. The molecule has 0 fully saturated rings. The number of rotatable bonds is 6. The summed E-state index contributed by atoms with van der Waals surface area (Å²) in [6.07, 6.45) is 1.48. The van der Waals surface area contributed by atoms with Crippen molar-refractivity contribution in [3.63, 3.8) is 0 Å². The first-order chi connectivity index (χ1) is 15.2. The van der Waals surface area contributed by atoms with Gasteiger partial charge in [0.2, 0.25) is 5.91 Å². The van der Waals surface area contributed by atoms with Crippen LogP contribution in [0.1, 0.15) is 37.7 Å². The van der Waals surface area contributed by atoms with Crippen molar-refractivity contribution in [1.82, 2.24) is 4.57 Å². The molecule has 3 rings (SSSR count). The first-order valence-corrected chi connectivity index (χ1v) is 9.57. The van der Waals surface area contributed by atoms with Crippen molar-refractivity contribution in [2.75, 3.05) is 5.32 Å². The molecule has 8 nitrogen and oxygen atoms in total. The van der Waals surface area contributed by atoms with Crippen molar-refractivity contribution in [2.24, 2.45) is 5.73 Å². The van der Waals surface area contributed by atoms with Crippen LogP contribution < -0.4 is 11.1 Å². The SMILES string of the molecule is Cc1cc(/C=C(/C#N)C(=O)Nc2cccc(C(=O)O)c2)c(C)n1-c1ccc(C(N)=O)cc1. The van der Waals surface area contributed by atoms with Gasteiger partial charge in [0.05, 0.1) is 5.56 Å². The zero-order valence-electron chi connectivity index (χ0n) is 17.4. The van der Waals surface area contributed by atoms with Gasteiger partial charge in [0.1, 0.15) is 11.6 Å². The average Bonchev–Trinajstić information content (AvgIpc) is 3.04. The van der Waals surface area contributed by atoms with E-state index in [-0.39, 0.29) is 16.8 Å². The molecule has 1 aromatic heterocycles. The molecule has 0 bridgehead atoms. The van der Waals surface area contributed by atoms with E-state index in [4.69, 9.17) is 10.8 Å². The highest BCUT2D eigenvalue weighted by atomic mass is 16.4. The molecule has 0 saturated heterocycles. The number of benzene rings is 2. The van der Waals surface area contributed by atoms with E-state index in [1.807, 2.05) is 30.6 Å². The lowest BCUT2D eigenvalue weighted by atomic mass is 10.1. The Morgan fingerprint density at radius 3 is 2.34 bits per heavy atom. The van der Waals surface area contributed by atoms with Crippen LogP contribution in [-0.4, -0.2) is 27.5 Å². The fourth-order valence-electron chi connectivity index (χ4n) is 3.34. The summed E-state index contributed by atoms with van der Waals surface area (Å²) in [6.45, 7) is 3.74. The Kier molecular flexibility index (Phi) is 6.21. The lowest BCUT2D eigenvalue weighted by molar-refractivity contribution is -0.112. The molecule has 0 spiro atoms. The average molecular weight is 428 g/mol. The highest BCUT2D eigenvalue weighted by Crippen LogP contribution is 2.23. The minimum atomic E-state index is -1.12. The highest BCUT2D eigenvalue weighted by molar-refractivity contribution is 6.10. The molecule has 2 aromatic carbocycles. The molecule has 3 aromatic rings. The molecule has 160 valence electrons. The molecule has 8 heteroatoms. The number of amides is 2. The van der Waals surface area contributed by atoms with E-state index >= 15 is 0 Å². The van der Waals surface area contributed by atoms with Gasteiger partial charge >= 0.3 is 5.97 Å². The fraction of sp³-hybridized carbons (Fsp3) is 0.0833. The number of nitrogens with zero attached hydrogens (tertiary/aromatic N) is 2. The maximum Gasteiger partial charge on any atom is 0.335 e. The van der Waals surface area contributed by atoms with Crippen LogP contribution in [0.25, 0.3) is 11.8 Å². The van der Waals surface area contributed by atoms with Gasteiger partial charge in [-0.1, -0.05) is 6.07 Å². The summed E-state index contributed by atoms with van der Waals surface area (Å²) < 4.78 is 1.93. The molecular formula is C24H20N4O4. The van der Waals surface area contributed by atoms with Gasteiger partial charge in [-0.15, -0.1) is 0 Å². The Bertz CT molecular complexity index is 1290. The topological polar surface area (TPSA) is 138 Å². The van der Waals surface area contributed by atoms with Gasteiger partial charge in [-0.05, 0) is 74.0 Å². The Labute approximate surface area is 184 Å². The summed E-state index contributed by atoms with van der Waals surface area (Å²) in [6, 6.07) is 16.3. The number of hydrogen-bond acceptors (Lipinski definition) is 4. The number of aromatic carboxylic acids is 1. The second kappa shape index (κ2) is 9.02. The smallest absolute Gasteiger partial charge is 0.335 e. The van der Waals surface area contributed by atoms with Gasteiger partial charge in [0.15, 0.2) is 0 Å². The van der Waals surface area contributed by atoms with Crippen LogP contribution in [0.2, 0.25) is 0 Å². The quantitative estimate of drug-likeness (QED) is 0.408. The van der Waals surface area contributed by atoms with Crippen molar-refractivity contribution in [2.45, 2.75) is 13.8 Å². The number of aromatic nitrogens is 1. The lowest BCUT2D eigenvalue weighted by Gasteiger charge is -2.10. The minimum absolute atomic E-state index is 0.0242. The first-order valence-electron chi connectivity index (χ1n) is 9.57. The van der Waals surface area contributed by atoms with Crippen LogP contribution in [0.3, 0.4) is 0 Å². The van der Waals surface area contributed by atoms with E-state index in [1.54, 1.807) is 30.3 Å². The normalized spacial score (nSPS) is 11.0. The maximum atomic E-state index is 12.6. The summed E-state index contributed by atoms with van der Waals surface area (Å²) >= 11 is 0. The molecular weight excluding hydrogens is 408 g/mol. The Balaban J connectivity index is 1.91. The van der Waals surface area contributed by atoms with Crippen LogP contribution in [0.4, 0.5) is 5.69 Å². The number of aryl methyl sites for hydroxylation is 1. The van der Waals surface area contributed by atoms with E-state index in [0.717, 1.165) is 17.1 Å². The van der Waals surface area contributed by atoms with Crippen molar-refractivity contribution in [3.8, 4) is 11.8 Å². The summed E-state index contributed by atoms with van der Waals surface area (Å²) in [5.74, 6) is -2.28. The zero-order chi connectivity index (χ0) is 23.4. The molecule has 0 aliphatic heterocycles. The van der Waals surface area contributed by atoms with E-state index in [2.05, 4.69) is 5.32 Å². The number of primary amides is 1. The van der Waals surface area contributed by atoms with Crippen LogP contribution in [0, 0.1) is 25.2 Å². The van der Waals surface area contributed by atoms with Crippen molar-refractivity contribution < 1.29 is 19.5 Å². The van der Waals surface area contributed by atoms with Gasteiger partial charge in [-0.2, -0.15) is 5.26 Å². The zero-order valence-corrected chi connectivity index (χ0v) is 17.4. The summed E-state index contributed by atoms with van der Waals surface area (Å²) in [5.41, 5.74) is 9.00. The fourth-order valence-corrected chi connectivity index (χ4v) is 3.34. The molecule has 4 N–H and O–H groups in total. The molecule has 0 aliphatic rings. The van der Waals surface area contributed by atoms with Gasteiger partial charge in [0.25, 0.3) is 5.91 Å². The number of carboxylic acids is 1. The predicted octanol–water partition coefficient (Wildman–Crippen LogP) is 3.44. The predicted molar refractivity (Wildman–Crippen MR) is 119 cm³/mol. The summed E-state index contributed by atoms with van der Waals surface area (Å²) in [7, 11) is 0. The maximum absolute atomic E-state index is 12.6. The molecule has 1 heterocycles. The third-order valence-electron chi connectivity index (χ3n) is 4.91. The number of carbonyl (C=O) groups is 3. The largest absolute Gasteiger partial charge is 0.478 e. The second-order valence-corrected chi connectivity index (χ2v) is 7.08. The molecule has 0 unspecified atom stereocenters. The molecule has 2 amide bonds. The van der Waals surface area contributed by atoms with Crippen LogP contribution >= 0.6 is 0 Å². The first kappa shape index (κ1) is 22.1. The Morgan fingerprint density at radius 2 is 1.75 bits per heavy atom. The highest BCUT2D eigenvalue weighted by Gasteiger charge is 2.15. The van der Waals surface area contributed by atoms with Crippen LogP contribution in [-0.2, 0) is 4.79 Å². The third-order valence-corrected chi connectivity index (χ3v) is 4.91. The number of carbonyl (C=O) groups excluding carboxylic acids is 2. The van der Waals surface area contributed by atoms with Gasteiger partial charge in [-0.3, -0.25) is 9.59 Å². The number of nitrogens with two attached hydrogens (primary N) is 1. The van der Waals surface area contributed by atoms with E-state index in [9.17, 15) is 19.6 Å².